The number of nitrogens with one attached hydrogen (secondary N) is 1. The molecule has 3 aromatic carbocycles. The molecular weight excluding hydrogens is 450 g/mol. The molecule has 176 valence electrons. The lowest BCUT2D eigenvalue weighted by atomic mass is 10.2. The quantitative estimate of drug-likeness (QED) is 0.323. The molecule has 0 radical (unpaired) electrons. The maximum absolute atomic E-state index is 12.5. The number of fused-ring (bicyclic) bond motifs is 1. The summed E-state index contributed by atoms with van der Waals surface area (Å²) in [6.07, 6.45) is 0.999. The van der Waals surface area contributed by atoms with Crippen molar-refractivity contribution in [2.75, 3.05) is 13.2 Å². The lowest BCUT2D eigenvalue weighted by Crippen LogP contribution is -2.33. The van der Waals surface area contributed by atoms with Crippen LogP contribution in [0.5, 0.6) is 11.5 Å². The fourth-order valence-corrected chi connectivity index (χ4v) is 3.89. The summed E-state index contributed by atoms with van der Waals surface area (Å²) < 4.78 is 13.6. The van der Waals surface area contributed by atoms with Gasteiger partial charge in [-0.05, 0) is 67.4 Å². The first-order valence-corrected chi connectivity index (χ1v) is 11.8. The highest BCUT2D eigenvalue weighted by Gasteiger charge is 2.18. The molecule has 34 heavy (non-hydrogen) atoms. The van der Waals surface area contributed by atoms with Gasteiger partial charge < -0.3 is 19.4 Å². The van der Waals surface area contributed by atoms with Crippen LogP contribution in [0, 0.1) is 0 Å². The standard InChI is InChI=1S/C27H28ClN3O3/c1-3-20-8-12-22(13-9-20)33-17-16-31-25-7-5-4-6-24(25)30-27(31)19(2)29-26(32)18-34-23-14-10-21(28)11-15-23/h4-15,19H,3,16-18H2,1-2H3,(H,29,32). The van der Waals surface area contributed by atoms with E-state index < -0.39 is 0 Å². The van der Waals surface area contributed by atoms with Crippen LogP contribution in [0.4, 0.5) is 0 Å². The van der Waals surface area contributed by atoms with Crippen molar-refractivity contribution in [2.24, 2.45) is 0 Å². The van der Waals surface area contributed by atoms with Gasteiger partial charge in [0, 0.05) is 5.02 Å². The fourth-order valence-electron chi connectivity index (χ4n) is 3.76. The molecule has 0 aliphatic rings. The maximum Gasteiger partial charge on any atom is 0.258 e. The summed E-state index contributed by atoms with van der Waals surface area (Å²) in [7, 11) is 0. The number of rotatable bonds is 10. The lowest BCUT2D eigenvalue weighted by molar-refractivity contribution is -0.123. The number of carbonyl (C=O) groups excluding carboxylic acids is 1. The van der Waals surface area contributed by atoms with Gasteiger partial charge in [0.15, 0.2) is 6.61 Å². The van der Waals surface area contributed by atoms with Crippen molar-refractivity contribution in [3.63, 3.8) is 0 Å². The number of amides is 1. The van der Waals surface area contributed by atoms with Gasteiger partial charge in [0.05, 0.1) is 23.6 Å². The Balaban J connectivity index is 1.41. The van der Waals surface area contributed by atoms with Gasteiger partial charge in [-0.2, -0.15) is 0 Å². The zero-order chi connectivity index (χ0) is 23.9. The number of carbonyl (C=O) groups is 1. The smallest absolute Gasteiger partial charge is 0.258 e. The molecule has 4 aromatic rings. The first-order chi connectivity index (χ1) is 16.5. The topological polar surface area (TPSA) is 65.4 Å². The number of aryl methyl sites for hydroxylation is 1. The van der Waals surface area contributed by atoms with E-state index in [0.717, 1.165) is 29.0 Å². The largest absolute Gasteiger partial charge is 0.492 e. The summed E-state index contributed by atoms with van der Waals surface area (Å²) >= 11 is 5.89. The Morgan fingerprint density at radius 2 is 1.68 bits per heavy atom. The zero-order valence-electron chi connectivity index (χ0n) is 19.3. The normalized spacial score (nSPS) is 11.9. The molecule has 6 nitrogen and oxygen atoms in total. The van der Waals surface area contributed by atoms with Gasteiger partial charge in [-0.3, -0.25) is 4.79 Å². The molecule has 1 atom stereocenters. The third kappa shape index (κ3) is 5.88. The van der Waals surface area contributed by atoms with E-state index in [0.29, 0.717) is 23.9 Å². The Morgan fingerprint density at radius 1 is 1.00 bits per heavy atom. The Hall–Kier alpha value is -3.51. The minimum Gasteiger partial charge on any atom is -0.492 e. The average molecular weight is 478 g/mol. The number of ether oxygens (including phenoxy) is 2. The predicted molar refractivity (Wildman–Crippen MR) is 135 cm³/mol. The second-order valence-corrected chi connectivity index (χ2v) is 8.42. The van der Waals surface area contributed by atoms with Crippen molar-refractivity contribution in [1.82, 2.24) is 14.9 Å². The highest BCUT2D eigenvalue weighted by molar-refractivity contribution is 6.30. The summed E-state index contributed by atoms with van der Waals surface area (Å²) in [5, 5.41) is 3.60. The monoisotopic (exact) mass is 477 g/mol. The number of nitrogens with zero attached hydrogens (tertiary/aromatic N) is 2. The molecular formula is C27H28ClN3O3. The average Bonchev–Trinajstić information content (AvgIpc) is 3.23. The van der Waals surface area contributed by atoms with Crippen LogP contribution in [-0.2, 0) is 17.8 Å². The summed E-state index contributed by atoms with van der Waals surface area (Å²) in [6, 6.07) is 22.7. The van der Waals surface area contributed by atoms with Crippen LogP contribution in [0.25, 0.3) is 11.0 Å². The van der Waals surface area contributed by atoms with E-state index >= 15 is 0 Å². The van der Waals surface area contributed by atoms with Crippen LogP contribution in [0.3, 0.4) is 0 Å². The Labute approximate surface area is 204 Å². The number of hydrogen-bond acceptors (Lipinski definition) is 4. The van der Waals surface area contributed by atoms with Gasteiger partial charge in [0.25, 0.3) is 5.91 Å². The molecule has 7 heteroatoms. The summed E-state index contributed by atoms with van der Waals surface area (Å²) in [6.45, 7) is 5.04. The van der Waals surface area contributed by atoms with Gasteiger partial charge in [-0.15, -0.1) is 0 Å². The first kappa shape index (κ1) is 23.6. The molecule has 0 saturated carbocycles. The number of halogens is 1. The van der Waals surface area contributed by atoms with Gasteiger partial charge >= 0.3 is 0 Å². The second kappa shape index (κ2) is 11.1. The van der Waals surface area contributed by atoms with Crippen molar-refractivity contribution in [3.05, 3.63) is 89.2 Å². The number of para-hydroxylation sites is 2. The molecule has 1 aromatic heterocycles. The van der Waals surface area contributed by atoms with Crippen molar-refractivity contribution >= 4 is 28.5 Å². The molecule has 1 heterocycles. The molecule has 1 unspecified atom stereocenters. The molecule has 0 spiro atoms. The van der Waals surface area contributed by atoms with E-state index in [2.05, 4.69) is 28.9 Å². The molecule has 1 N–H and O–H groups in total. The number of benzene rings is 3. The van der Waals surface area contributed by atoms with E-state index in [9.17, 15) is 4.79 Å². The highest BCUT2D eigenvalue weighted by Crippen LogP contribution is 2.22. The van der Waals surface area contributed by atoms with E-state index in [1.165, 1.54) is 5.56 Å². The first-order valence-electron chi connectivity index (χ1n) is 11.4. The van der Waals surface area contributed by atoms with Crippen molar-refractivity contribution in [2.45, 2.75) is 32.9 Å². The van der Waals surface area contributed by atoms with Crippen LogP contribution in [0.15, 0.2) is 72.8 Å². The highest BCUT2D eigenvalue weighted by atomic mass is 35.5. The molecule has 4 rings (SSSR count). The van der Waals surface area contributed by atoms with Gasteiger partial charge in [0.1, 0.15) is 23.9 Å². The van der Waals surface area contributed by atoms with Crippen LogP contribution in [0.1, 0.15) is 31.3 Å². The molecule has 0 fully saturated rings. The van der Waals surface area contributed by atoms with Gasteiger partial charge in [-0.1, -0.05) is 42.8 Å². The molecule has 0 saturated heterocycles. The van der Waals surface area contributed by atoms with Crippen LogP contribution in [0.2, 0.25) is 5.02 Å². The molecule has 0 aliphatic carbocycles. The van der Waals surface area contributed by atoms with E-state index in [1.807, 2.05) is 43.3 Å². The lowest BCUT2D eigenvalue weighted by Gasteiger charge is -2.17. The third-order valence-corrected chi connectivity index (χ3v) is 5.80. The Morgan fingerprint density at radius 3 is 2.41 bits per heavy atom. The van der Waals surface area contributed by atoms with Crippen molar-refractivity contribution < 1.29 is 14.3 Å². The van der Waals surface area contributed by atoms with Gasteiger partial charge in [0.2, 0.25) is 0 Å². The Bertz CT molecular complexity index is 1240. The van der Waals surface area contributed by atoms with Crippen LogP contribution in [-0.4, -0.2) is 28.7 Å². The van der Waals surface area contributed by atoms with E-state index in [1.54, 1.807) is 24.3 Å². The number of hydrogen-bond donors (Lipinski definition) is 1. The molecule has 0 bridgehead atoms. The third-order valence-electron chi connectivity index (χ3n) is 5.55. The SMILES string of the molecule is CCc1ccc(OCCn2c(C(C)NC(=O)COc3ccc(Cl)cc3)nc3ccccc32)cc1. The van der Waals surface area contributed by atoms with E-state index in [4.69, 9.17) is 26.1 Å². The molecule has 1 amide bonds. The minimum absolute atomic E-state index is 0.0942. The summed E-state index contributed by atoms with van der Waals surface area (Å²) in [5.41, 5.74) is 3.16. The van der Waals surface area contributed by atoms with Crippen LogP contribution >= 0.6 is 11.6 Å². The second-order valence-electron chi connectivity index (χ2n) is 7.99. The zero-order valence-corrected chi connectivity index (χ0v) is 20.1. The molecule has 0 aliphatic heterocycles. The number of aromatic nitrogens is 2. The summed E-state index contributed by atoms with van der Waals surface area (Å²) in [4.78, 5) is 17.3. The summed E-state index contributed by atoms with van der Waals surface area (Å²) in [5.74, 6) is 1.96. The fraction of sp³-hybridized carbons (Fsp3) is 0.259. The van der Waals surface area contributed by atoms with E-state index in [-0.39, 0.29) is 18.6 Å². The van der Waals surface area contributed by atoms with Crippen molar-refractivity contribution in [1.29, 1.82) is 0 Å². The minimum atomic E-state index is -0.308. The maximum atomic E-state index is 12.5. The Kier molecular flexibility index (Phi) is 7.70. The van der Waals surface area contributed by atoms with Crippen LogP contribution < -0.4 is 14.8 Å². The number of imidazole rings is 1. The van der Waals surface area contributed by atoms with Gasteiger partial charge in [-0.25, -0.2) is 4.98 Å². The van der Waals surface area contributed by atoms with Crippen molar-refractivity contribution in [3.8, 4) is 11.5 Å². The predicted octanol–water partition coefficient (Wildman–Crippen LogP) is 5.59.